The Bertz CT molecular complexity index is 388. The molecule has 2 bridgehead atoms. The maximum atomic E-state index is 10.4. The first-order valence-corrected chi connectivity index (χ1v) is 9.02. The number of hydrogen-bond donors (Lipinski definition) is 1. The third-order valence-corrected chi connectivity index (χ3v) is 6.66. The Labute approximate surface area is 135 Å². The van der Waals surface area contributed by atoms with E-state index in [9.17, 15) is 5.11 Å². The second kappa shape index (κ2) is 6.04. The molecule has 2 saturated carbocycles. The molecule has 3 aliphatic rings. The van der Waals surface area contributed by atoms with Crippen molar-refractivity contribution in [1.82, 2.24) is 9.80 Å². The average molecular weight is 310 g/mol. The number of ether oxygens (including phenoxy) is 1. The molecule has 3 fully saturated rings. The first-order chi connectivity index (χ1) is 10.3. The molecule has 0 spiro atoms. The van der Waals surface area contributed by atoms with Crippen LogP contribution in [0.4, 0.5) is 0 Å². The molecule has 1 aliphatic heterocycles. The Morgan fingerprint density at radius 1 is 1.18 bits per heavy atom. The number of nitrogens with zero attached hydrogens (tertiary/aromatic N) is 2. The fourth-order valence-corrected chi connectivity index (χ4v) is 5.26. The van der Waals surface area contributed by atoms with Crippen molar-refractivity contribution in [3.63, 3.8) is 0 Å². The van der Waals surface area contributed by atoms with Crippen molar-refractivity contribution in [2.75, 3.05) is 46.4 Å². The summed E-state index contributed by atoms with van der Waals surface area (Å²) in [5.41, 5.74) is 0.599. The van der Waals surface area contributed by atoms with Crippen LogP contribution in [0.3, 0.4) is 0 Å². The van der Waals surface area contributed by atoms with E-state index in [0.717, 1.165) is 38.6 Å². The molecule has 0 aromatic carbocycles. The third-order valence-electron chi connectivity index (χ3n) is 6.66. The minimum absolute atomic E-state index is 0.264. The molecule has 3 rings (SSSR count). The van der Waals surface area contributed by atoms with E-state index in [1.54, 1.807) is 0 Å². The second-order valence-corrected chi connectivity index (χ2v) is 8.89. The Hall–Kier alpha value is -0.160. The number of hydrogen-bond acceptors (Lipinski definition) is 4. The van der Waals surface area contributed by atoms with Crippen LogP contribution in [0.15, 0.2) is 0 Å². The van der Waals surface area contributed by atoms with Gasteiger partial charge in [0, 0.05) is 32.7 Å². The lowest BCUT2D eigenvalue weighted by atomic mass is 9.70. The maximum Gasteiger partial charge on any atom is 0.0900 e. The van der Waals surface area contributed by atoms with Crippen LogP contribution >= 0.6 is 0 Å². The van der Waals surface area contributed by atoms with Crippen LogP contribution < -0.4 is 0 Å². The van der Waals surface area contributed by atoms with Crippen molar-refractivity contribution < 1.29 is 9.84 Å². The highest BCUT2D eigenvalue weighted by atomic mass is 16.5. The lowest BCUT2D eigenvalue weighted by Gasteiger charge is -2.43. The maximum absolute atomic E-state index is 10.4. The Balaban J connectivity index is 1.48. The zero-order valence-corrected chi connectivity index (χ0v) is 14.8. The van der Waals surface area contributed by atoms with Gasteiger partial charge in [-0.3, -0.25) is 4.90 Å². The summed E-state index contributed by atoms with van der Waals surface area (Å²) in [4.78, 5) is 4.71. The molecule has 0 radical (unpaired) electrons. The minimum atomic E-state index is -0.359. The summed E-state index contributed by atoms with van der Waals surface area (Å²) in [7, 11) is 2.16. The van der Waals surface area contributed by atoms with Crippen LogP contribution in [-0.4, -0.2) is 73.5 Å². The first kappa shape index (κ1) is 16.7. The van der Waals surface area contributed by atoms with Gasteiger partial charge in [0.1, 0.15) is 0 Å². The van der Waals surface area contributed by atoms with Gasteiger partial charge in [0.2, 0.25) is 0 Å². The first-order valence-electron chi connectivity index (χ1n) is 9.02. The highest BCUT2D eigenvalue weighted by molar-refractivity contribution is 5.09. The van der Waals surface area contributed by atoms with Crippen molar-refractivity contribution in [3.05, 3.63) is 0 Å². The van der Waals surface area contributed by atoms with Crippen molar-refractivity contribution in [2.24, 2.45) is 16.7 Å². The van der Waals surface area contributed by atoms with Gasteiger partial charge in [0.25, 0.3) is 0 Å². The summed E-state index contributed by atoms with van der Waals surface area (Å²) in [6, 6.07) is 0. The van der Waals surface area contributed by atoms with Crippen molar-refractivity contribution in [2.45, 2.75) is 52.2 Å². The molecule has 1 N–H and O–H groups in total. The molecule has 0 unspecified atom stereocenters. The fourth-order valence-electron chi connectivity index (χ4n) is 5.26. The van der Waals surface area contributed by atoms with Crippen molar-refractivity contribution in [1.29, 1.82) is 0 Å². The number of β-amino-alcohol motifs (C(OH)–C–C–N with tert-alkyl or cyclic N) is 1. The van der Waals surface area contributed by atoms with Gasteiger partial charge < -0.3 is 14.7 Å². The number of aliphatic hydroxyl groups excluding tert-OH is 1. The van der Waals surface area contributed by atoms with Gasteiger partial charge in [0.15, 0.2) is 0 Å². The van der Waals surface area contributed by atoms with Crippen LogP contribution in [0.5, 0.6) is 0 Å². The molecule has 128 valence electrons. The molecule has 1 heterocycles. The van der Waals surface area contributed by atoms with E-state index >= 15 is 0 Å². The van der Waals surface area contributed by atoms with Crippen molar-refractivity contribution in [3.8, 4) is 0 Å². The van der Waals surface area contributed by atoms with Gasteiger partial charge in [-0.05, 0) is 43.1 Å². The number of fused-ring (bicyclic) bond motifs is 2. The molecule has 0 aromatic heterocycles. The number of rotatable bonds is 5. The van der Waals surface area contributed by atoms with Crippen LogP contribution in [-0.2, 0) is 4.74 Å². The van der Waals surface area contributed by atoms with Crippen molar-refractivity contribution >= 4 is 0 Å². The lowest BCUT2D eigenvalue weighted by molar-refractivity contribution is -0.114. The van der Waals surface area contributed by atoms with Gasteiger partial charge in [-0.1, -0.05) is 20.8 Å². The Morgan fingerprint density at radius 2 is 1.86 bits per heavy atom. The number of aliphatic hydroxyl groups is 1. The summed E-state index contributed by atoms with van der Waals surface area (Å²) < 4.78 is 6.29. The van der Waals surface area contributed by atoms with Crippen LogP contribution in [0.25, 0.3) is 0 Å². The SMILES string of the molecule is CN1CCN(C[C@@H](O)CO[C@H]2C(C)(C)[C@H]3CC[C@@]2(C)C3)CC1. The number of likely N-dealkylation sites (N-methyl/N-ethyl adjacent to an activating group) is 1. The van der Waals surface area contributed by atoms with Crippen LogP contribution in [0.1, 0.15) is 40.0 Å². The van der Waals surface area contributed by atoms with Gasteiger partial charge in [-0.15, -0.1) is 0 Å². The summed E-state index contributed by atoms with van der Waals surface area (Å²) in [5, 5.41) is 10.4. The molecule has 4 atom stereocenters. The summed E-state index contributed by atoms with van der Waals surface area (Å²) >= 11 is 0. The summed E-state index contributed by atoms with van der Waals surface area (Å²) in [6.07, 6.45) is 3.90. The van der Waals surface area contributed by atoms with E-state index in [1.165, 1.54) is 19.3 Å². The molecule has 0 amide bonds. The van der Waals surface area contributed by atoms with E-state index < -0.39 is 0 Å². The van der Waals surface area contributed by atoms with E-state index in [-0.39, 0.29) is 11.5 Å². The highest BCUT2D eigenvalue weighted by Gasteiger charge is 2.60. The smallest absolute Gasteiger partial charge is 0.0900 e. The van der Waals surface area contributed by atoms with Crippen LogP contribution in [0.2, 0.25) is 0 Å². The van der Waals surface area contributed by atoms with E-state index in [4.69, 9.17) is 4.74 Å². The largest absolute Gasteiger partial charge is 0.389 e. The standard InChI is InChI=1S/C18H34N2O2/c1-17(2)14-5-6-18(3,11-14)16(17)22-13-15(21)12-20-9-7-19(4)8-10-20/h14-16,21H,5-13H2,1-4H3/t14-,15+,16-,18-/m0/s1. The van der Waals surface area contributed by atoms with Gasteiger partial charge in [-0.25, -0.2) is 0 Å². The fraction of sp³-hybridized carbons (Fsp3) is 1.00. The van der Waals surface area contributed by atoms with Gasteiger partial charge in [-0.2, -0.15) is 0 Å². The van der Waals surface area contributed by atoms with E-state index in [1.807, 2.05) is 0 Å². The molecule has 4 nitrogen and oxygen atoms in total. The third kappa shape index (κ3) is 3.08. The second-order valence-electron chi connectivity index (χ2n) is 8.89. The zero-order valence-electron chi connectivity index (χ0n) is 14.8. The van der Waals surface area contributed by atoms with Crippen LogP contribution in [0, 0.1) is 16.7 Å². The zero-order chi connectivity index (χ0) is 16.0. The Kier molecular flexibility index (Phi) is 4.59. The molecular formula is C18H34N2O2. The van der Waals surface area contributed by atoms with Gasteiger partial charge in [0.05, 0.1) is 18.8 Å². The molecule has 1 saturated heterocycles. The average Bonchev–Trinajstić information content (AvgIpc) is 2.92. The topological polar surface area (TPSA) is 35.9 Å². The van der Waals surface area contributed by atoms with E-state index in [2.05, 4.69) is 37.6 Å². The molecule has 4 heteroatoms. The lowest BCUT2D eigenvalue weighted by Crippen LogP contribution is -2.48. The predicted octanol–water partition coefficient (Wildman–Crippen LogP) is 1.83. The molecule has 2 aliphatic carbocycles. The molecule has 0 aromatic rings. The molecular weight excluding hydrogens is 276 g/mol. The normalized spacial score (nSPS) is 40.2. The highest BCUT2D eigenvalue weighted by Crippen LogP contribution is 2.63. The minimum Gasteiger partial charge on any atom is -0.389 e. The van der Waals surface area contributed by atoms with E-state index in [0.29, 0.717) is 18.1 Å². The monoisotopic (exact) mass is 310 g/mol. The molecule has 22 heavy (non-hydrogen) atoms. The predicted molar refractivity (Wildman–Crippen MR) is 88.9 cm³/mol. The quantitative estimate of drug-likeness (QED) is 0.840. The number of piperazine rings is 1. The van der Waals surface area contributed by atoms with Gasteiger partial charge >= 0.3 is 0 Å². The summed E-state index contributed by atoms with van der Waals surface area (Å²) in [5.74, 6) is 0.803. The Morgan fingerprint density at radius 3 is 2.45 bits per heavy atom. The summed E-state index contributed by atoms with van der Waals surface area (Å²) in [6.45, 7) is 12.7.